The normalized spacial score (nSPS) is 13.0. The van der Waals surface area contributed by atoms with Gasteiger partial charge in [-0.15, -0.1) is 0 Å². The molecular weight excluding hydrogens is 248 g/mol. The third kappa shape index (κ3) is 5.12. The van der Waals surface area contributed by atoms with Gasteiger partial charge in [-0.2, -0.15) is 0 Å². The molecule has 1 aromatic rings. The molecule has 0 radical (unpaired) electrons. The van der Waals surface area contributed by atoms with Crippen LogP contribution in [-0.2, 0) is 0 Å². The molecule has 2 N–H and O–H groups in total. The van der Waals surface area contributed by atoms with E-state index in [1.54, 1.807) is 0 Å². The van der Waals surface area contributed by atoms with Gasteiger partial charge in [0.2, 0.25) is 0 Å². The van der Waals surface area contributed by atoms with Crippen LogP contribution in [0.4, 0.5) is 5.69 Å². The molecule has 1 atom stereocenters. The summed E-state index contributed by atoms with van der Waals surface area (Å²) in [6.45, 7) is 2.83. The number of hydrogen-bond donors (Lipinski definition) is 1. The summed E-state index contributed by atoms with van der Waals surface area (Å²) in [5, 5.41) is 0. The van der Waals surface area contributed by atoms with Crippen LogP contribution in [0, 0.1) is 0 Å². The van der Waals surface area contributed by atoms with Gasteiger partial charge in [-0.05, 0) is 58.3 Å². The largest absolute Gasteiger partial charge is 0.378 e. The summed E-state index contributed by atoms with van der Waals surface area (Å²) in [5.41, 5.74) is 8.49. The Labute approximate surface area is 124 Å². The van der Waals surface area contributed by atoms with Gasteiger partial charge in [0.1, 0.15) is 0 Å². The molecular formula is C16H30N4. The van der Waals surface area contributed by atoms with Crippen molar-refractivity contribution in [1.29, 1.82) is 0 Å². The fraction of sp³-hybridized carbons (Fsp3) is 0.625. The predicted octanol–water partition coefficient (Wildman–Crippen LogP) is 1.64. The van der Waals surface area contributed by atoms with Crippen molar-refractivity contribution in [3.8, 4) is 0 Å². The molecule has 4 nitrogen and oxygen atoms in total. The van der Waals surface area contributed by atoms with Crippen LogP contribution >= 0.6 is 0 Å². The minimum absolute atomic E-state index is 0.299. The molecule has 0 aromatic heterocycles. The zero-order chi connectivity index (χ0) is 15.1. The molecule has 0 aliphatic rings. The molecule has 0 saturated heterocycles. The lowest BCUT2D eigenvalue weighted by atomic mass is 10.0. The van der Waals surface area contributed by atoms with Crippen molar-refractivity contribution in [2.75, 3.05) is 59.8 Å². The van der Waals surface area contributed by atoms with Crippen LogP contribution in [0.2, 0.25) is 0 Å². The lowest BCUT2D eigenvalue weighted by Crippen LogP contribution is -2.32. The third-order valence-corrected chi connectivity index (χ3v) is 3.67. The van der Waals surface area contributed by atoms with Crippen LogP contribution in [0.1, 0.15) is 18.0 Å². The van der Waals surface area contributed by atoms with Crippen molar-refractivity contribution < 1.29 is 0 Å². The molecule has 1 aromatic carbocycles. The summed E-state index contributed by atoms with van der Waals surface area (Å²) < 4.78 is 0. The van der Waals surface area contributed by atoms with Gasteiger partial charge in [-0.3, -0.25) is 4.90 Å². The summed E-state index contributed by atoms with van der Waals surface area (Å²) >= 11 is 0. The van der Waals surface area contributed by atoms with Crippen LogP contribution in [-0.4, -0.2) is 64.7 Å². The van der Waals surface area contributed by atoms with E-state index in [1.165, 1.54) is 11.3 Å². The summed E-state index contributed by atoms with van der Waals surface area (Å²) in [5.74, 6) is 0. The minimum Gasteiger partial charge on any atom is -0.378 e. The Kier molecular flexibility index (Phi) is 6.99. The van der Waals surface area contributed by atoms with Crippen LogP contribution in [0.5, 0.6) is 0 Å². The summed E-state index contributed by atoms with van der Waals surface area (Å²) in [6.07, 6.45) is 1.16. The number of benzene rings is 1. The molecule has 4 heteroatoms. The van der Waals surface area contributed by atoms with Crippen LogP contribution in [0.25, 0.3) is 0 Å². The molecule has 1 unspecified atom stereocenters. The lowest BCUT2D eigenvalue weighted by Gasteiger charge is -2.28. The molecule has 0 bridgehead atoms. The predicted molar refractivity (Wildman–Crippen MR) is 88.4 cm³/mol. The van der Waals surface area contributed by atoms with Crippen LogP contribution < -0.4 is 10.6 Å². The minimum atomic E-state index is 0.299. The Hall–Kier alpha value is -1.10. The first-order chi connectivity index (χ1) is 9.45. The van der Waals surface area contributed by atoms with E-state index in [4.69, 9.17) is 5.73 Å². The van der Waals surface area contributed by atoms with Crippen LogP contribution in [0.15, 0.2) is 24.3 Å². The zero-order valence-corrected chi connectivity index (χ0v) is 13.6. The summed E-state index contributed by atoms with van der Waals surface area (Å²) in [6, 6.07) is 9.00. The third-order valence-electron chi connectivity index (χ3n) is 3.67. The summed E-state index contributed by atoms with van der Waals surface area (Å²) in [7, 11) is 10.5. The Morgan fingerprint density at radius 3 is 2.00 bits per heavy atom. The Morgan fingerprint density at radius 2 is 1.55 bits per heavy atom. The van der Waals surface area contributed by atoms with Crippen molar-refractivity contribution in [3.63, 3.8) is 0 Å². The maximum atomic E-state index is 5.97. The molecule has 0 heterocycles. The molecule has 0 fully saturated rings. The second-order valence-corrected chi connectivity index (χ2v) is 5.87. The van der Waals surface area contributed by atoms with Gasteiger partial charge in [-0.1, -0.05) is 12.1 Å². The van der Waals surface area contributed by atoms with E-state index in [9.17, 15) is 0 Å². The fourth-order valence-corrected chi connectivity index (χ4v) is 2.36. The molecule has 0 aliphatic heterocycles. The molecule has 0 spiro atoms. The van der Waals surface area contributed by atoms with Crippen molar-refractivity contribution >= 4 is 5.69 Å². The monoisotopic (exact) mass is 278 g/mol. The number of anilines is 1. The van der Waals surface area contributed by atoms with Crippen molar-refractivity contribution in [2.45, 2.75) is 12.5 Å². The average molecular weight is 278 g/mol. The topological polar surface area (TPSA) is 35.7 Å². The Morgan fingerprint density at radius 1 is 0.950 bits per heavy atom. The van der Waals surface area contributed by atoms with Crippen molar-refractivity contribution in [3.05, 3.63) is 29.8 Å². The van der Waals surface area contributed by atoms with Crippen molar-refractivity contribution in [2.24, 2.45) is 5.73 Å². The number of nitrogens with two attached hydrogens (primary N) is 1. The second-order valence-electron chi connectivity index (χ2n) is 5.87. The fourth-order valence-electron chi connectivity index (χ4n) is 2.36. The van der Waals surface area contributed by atoms with E-state index < -0.39 is 0 Å². The first-order valence-electron chi connectivity index (χ1n) is 7.28. The van der Waals surface area contributed by atoms with Gasteiger partial charge >= 0.3 is 0 Å². The highest BCUT2D eigenvalue weighted by Crippen LogP contribution is 2.21. The zero-order valence-electron chi connectivity index (χ0n) is 13.6. The Balaban J connectivity index is 2.64. The van der Waals surface area contributed by atoms with Gasteiger partial charge in [0.25, 0.3) is 0 Å². The molecule has 0 aliphatic carbocycles. The Bertz CT molecular complexity index is 373. The maximum absolute atomic E-state index is 5.97. The second kappa shape index (κ2) is 8.25. The maximum Gasteiger partial charge on any atom is 0.0467 e. The molecule has 0 saturated carbocycles. The smallest absolute Gasteiger partial charge is 0.0467 e. The van der Waals surface area contributed by atoms with E-state index in [2.05, 4.69) is 74.2 Å². The number of rotatable bonds is 8. The highest BCUT2D eigenvalue weighted by Gasteiger charge is 2.15. The highest BCUT2D eigenvalue weighted by molar-refractivity contribution is 5.46. The first kappa shape index (κ1) is 17.0. The number of nitrogens with zero attached hydrogens (tertiary/aromatic N) is 3. The standard InChI is InChI=1S/C16H30N4/c1-18(2)11-6-12-20(5)16(13-17)14-7-9-15(10-8-14)19(3)4/h7-10,16H,6,11-13,17H2,1-5H3. The first-order valence-corrected chi connectivity index (χ1v) is 7.28. The quantitative estimate of drug-likeness (QED) is 0.784. The van der Waals surface area contributed by atoms with E-state index in [0.29, 0.717) is 12.6 Å². The molecule has 0 amide bonds. The SMILES string of the molecule is CN(C)CCCN(C)C(CN)c1ccc(N(C)C)cc1. The highest BCUT2D eigenvalue weighted by atomic mass is 15.1. The molecule has 20 heavy (non-hydrogen) atoms. The molecule has 114 valence electrons. The number of likely N-dealkylation sites (N-methyl/N-ethyl adjacent to an activating group) is 1. The van der Waals surface area contributed by atoms with E-state index in [0.717, 1.165) is 19.5 Å². The van der Waals surface area contributed by atoms with Gasteiger partial charge in [0.15, 0.2) is 0 Å². The van der Waals surface area contributed by atoms with Gasteiger partial charge in [0.05, 0.1) is 0 Å². The van der Waals surface area contributed by atoms with Gasteiger partial charge < -0.3 is 15.5 Å². The van der Waals surface area contributed by atoms with Crippen molar-refractivity contribution in [1.82, 2.24) is 9.80 Å². The van der Waals surface area contributed by atoms with E-state index in [1.807, 2.05) is 0 Å². The number of hydrogen-bond acceptors (Lipinski definition) is 4. The molecule has 1 rings (SSSR count). The van der Waals surface area contributed by atoms with E-state index >= 15 is 0 Å². The van der Waals surface area contributed by atoms with E-state index in [-0.39, 0.29) is 0 Å². The lowest BCUT2D eigenvalue weighted by molar-refractivity contribution is 0.235. The van der Waals surface area contributed by atoms with Crippen LogP contribution in [0.3, 0.4) is 0 Å². The summed E-state index contributed by atoms with van der Waals surface area (Å²) in [4.78, 5) is 6.69. The van der Waals surface area contributed by atoms with Gasteiger partial charge in [-0.25, -0.2) is 0 Å². The van der Waals surface area contributed by atoms with Gasteiger partial charge in [0, 0.05) is 32.4 Å². The average Bonchev–Trinajstić information content (AvgIpc) is 2.39.